The van der Waals surface area contributed by atoms with Crippen molar-refractivity contribution in [2.45, 2.75) is 26.2 Å². The van der Waals surface area contributed by atoms with Gasteiger partial charge in [-0.2, -0.15) is 5.10 Å². The van der Waals surface area contributed by atoms with Gasteiger partial charge in [0.05, 0.1) is 10.7 Å². The van der Waals surface area contributed by atoms with Gasteiger partial charge in [-0.15, -0.1) is 0 Å². The van der Waals surface area contributed by atoms with Crippen LogP contribution in [0.25, 0.3) is 0 Å². The number of phenols is 1. The maximum Gasteiger partial charge on any atom is 0.277 e. The molecule has 0 saturated carbocycles. The van der Waals surface area contributed by atoms with Gasteiger partial charge >= 0.3 is 0 Å². The van der Waals surface area contributed by atoms with Crippen LogP contribution >= 0.6 is 31.9 Å². The highest BCUT2D eigenvalue weighted by Crippen LogP contribution is 2.30. The summed E-state index contributed by atoms with van der Waals surface area (Å²) in [5.74, 6) is 0.783. The SMILES string of the molecule is CCC(C)c1ccc(OCC(=O)NN=Cc2cc(Br)cc(Br)c2O)cc1. The Labute approximate surface area is 169 Å². The number of carbonyl (C=O) groups excluding carboxylic acids is 1. The van der Waals surface area contributed by atoms with Crippen LogP contribution in [0.5, 0.6) is 11.5 Å². The highest BCUT2D eigenvalue weighted by atomic mass is 79.9. The van der Waals surface area contributed by atoms with Crippen LogP contribution in [0.2, 0.25) is 0 Å². The Bertz CT molecular complexity index is 792. The molecule has 138 valence electrons. The second-order valence-electron chi connectivity index (χ2n) is 5.79. The van der Waals surface area contributed by atoms with E-state index >= 15 is 0 Å². The molecule has 0 fully saturated rings. The second-order valence-corrected chi connectivity index (χ2v) is 7.56. The largest absolute Gasteiger partial charge is 0.506 e. The lowest BCUT2D eigenvalue weighted by Crippen LogP contribution is -2.24. The van der Waals surface area contributed by atoms with E-state index in [1.807, 2.05) is 24.3 Å². The molecule has 7 heteroatoms. The average molecular weight is 484 g/mol. The Morgan fingerprint density at radius 3 is 2.65 bits per heavy atom. The number of hydrazone groups is 1. The summed E-state index contributed by atoms with van der Waals surface area (Å²) in [6.07, 6.45) is 2.44. The first-order valence-electron chi connectivity index (χ1n) is 8.13. The summed E-state index contributed by atoms with van der Waals surface area (Å²) < 4.78 is 6.76. The van der Waals surface area contributed by atoms with Crippen LogP contribution in [0.15, 0.2) is 50.4 Å². The smallest absolute Gasteiger partial charge is 0.277 e. The van der Waals surface area contributed by atoms with Crippen molar-refractivity contribution in [2.24, 2.45) is 5.10 Å². The molecule has 0 aromatic heterocycles. The van der Waals surface area contributed by atoms with Gasteiger partial charge in [0.25, 0.3) is 5.91 Å². The fourth-order valence-corrected chi connectivity index (χ4v) is 3.43. The Kier molecular flexibility index (Phi) is 7.66. The van der Waals surface area contributed by atoms with E-state index in [1.165, 1.54) is 11.8 Å². The highest BCUT2D eigenvalue weighted by molar-refractivity contribution is 9.11. The van der Waals surface area contributed by atoms with E-state index in [0.29, 0.717) is 21.7 Å². The maximum absolute atomic E-state index is 11.8. The van der Waals surface area contributed by atoms with Crippen LogP contribution in [0.1, 0.15) is 37.3 Å². The van der Waals surface area contributed by atoms with Crippen LogP contribution in [0.4, 0.5) is 0 Å². The number of rotatable bonds is 7. The zero-order valence-electron chi connectivity index (χ0n) is 14.5. The molecule has 1 amide bonds. The number of hydrogen-bond acceptors (Lipinski definition) is 4. The predicted molar refractivity (Wildman–Crippen MR) is 110 cm³/mol. The van der Waals surface area contributed by atoms with Crippen molar-refractivity contribution in [2.75, 3.05) is 6.61 Å². The molecule has 2 N–H and O–H groups in total. The number of aromatic hydroxyl groups is 1. The van der Waals surface area contributed by atoms with Crippen molar-refractivity contribution in [3.63, 3.8) is 0 Å². The first kappa shape index (κ1) is 20.5. The minimum atomic E-state index is -0.388. The quantitative estimate of drug-likeness (QED) is 0.431. The molecule has 0 spiro atoms. The number of hydrogen-bond donors (Lipinski definition) is 2. The van der Waals surface area contributed by atoms with Gasteiger partial charge in [0.15, 0.2) is 6.61 Å². The summed E-state index contributed by atoms with van der Waals surface area (Å²) >= 11 is 6.56. The zero-order chi connectivity index (χ0) is 19.1. The monoisotopic (exact) mass is 482 g/mol. The first-order chi connectivity index (χ1) is 12.4. The lowest BCUT2D eigenvalue weighted by Gasteiger charge is -2.10. The molecule has 0 aliphatic rings. The lowest BCUT2D eigenvalue weighted by molar-refractivity contribution is -0.123. The number of halogens is 2. The van der Waals surface area contributed by atoms with Crippen molar-refractivity contribution in [3.05, 3.63) is 56.5 Å². The molecule has 0 radical (unpaired) electrons. The van der Waals surface area contributed by atoms with Gasteiger partial charge in [-0.05, 0) is 58.1 Å². The minimum absolute atomic E-state index is 0.0452. The molecular weight excluding hydrogens is 464 g/mol. The van der Waals surface area contributed by atoms with Crippen LogP contribution in [-0.4, -0.2) is 23.8 Å². The molecule has 2 aromatic carbocycles. The van der Waals surface area contributed by atoms with Gasteiger partial charge in [-0.1, -0.05) is 41.9 Å². The molecule has 0 heterocycles. The molecule has 1 unspecified atom stereocenters. The maximum atomic E-state index is 11.8. The van der Waals surface area contributed by atoms with Crippen molar-refractivity contribution in [3.8, 4) is 11.5 Å². The summed E-state index contributed by atoms with van der Waals surface area (Å²) in [4.78, 5) is 11.8. The van der Waals surface area contributed by atoms with E-state index in [1.54, 1.807) is 12.1 Å². The second kappa shape index (κ2) is 9.73. The highest BCUT2D eigenvalue weighted by Gasteiger charge is 2.07. The van der Waals surface area contributed by atoms with Gasteiger partial charge in [0, 0.05) is 10.0 Å². The topological polar surface area (TPSA) is 70.9 Å². The zero-order valence-corrected chi connectivity index (χ0v) is 17.7. The number of benzene rings is 2. The standard InChI is InChI=1S/C19H20Br2N2O3/c1-3-12(2)13-4-6-16(7-5-13)26-11-18(24)23-22-10-14-8-15(20)9-17(21)19(14)25/h4-10,12,25H,3,11H2,1-2H3,(H,23,24). The average Bonchev–Trinajstić information content (AvgIpc) is 2.63. The van der Waals surface area contributed by atoms with Crippen LogP contribution < -0.4 is 10.2 Å². The molecule has 5 nitrogen and oxygen atoms in total. The molecule has 0 bridgehead atoms. The van der Waals surface area contributed by atoms with Crippen LogP contribution in [0.3, 0.4) is 0 Å². The summed E-state index contributed by atoms with van der Waals surface area (Å²) in [5.41, 5.74) is 4.08. The predicted octanol–water partition coefficient (Wildman–Crippen LogP) is 4.96. The molecule has 1 atom stereocenters. The number of ether oxygens (including phenoxy) is 1. The third-order valence-electron chi connectivity index (χ3n) is 3.88. The third-order valence-corrected chi connectivity index (χ3v) is 4.94. The Hall–Kier alpha value is -1.86. The number of nitrogens with one attached hydrogen (secondary N) is 1. The molecule has 2 rings (SSSR count). The Morgan fingerprint density at radius 2 is 2.00 bits per heavy atom. The summed E-state index contributed by atoms with van der Waals surface area (Å²) in [6, 6.07) is 11.1. The summed E-state index contributed by atoms with van der Waals surface area (Å²) in [7, 11) is 0. The van der Waals surface area contributed by atoms with E-state index in [2.05, 4.69) is 56.2 Å². The first-order valence-corrected chi connectivity index (χ1v) is 9.72. The normalized spacial score (nSPS) is 12.2. The summed E-state index contributed by atoms with van der Waals surface area (Å²) in [5, 5.41) is 13.8. The Balaban J connectivity index is 1.86. The third kappa shape index (κ3) is 5.85. The van der Waals surface area contributed by atoms with E-state index in [9.17, 15) is 9.90 Å². The number of nitrogens with zero attached hydrogens (tertiary/aromatic N) is 1. The molecule has 0 aliphatic heterocycles. The molecular formula is C19H20Br2N2O3. The minimum Gasteiger partial charge on any atom is -0.506 e. The fourth-order valence-electron chi connectivity index (χ4n) is 2.17. The molecule has 0 aliphatic carbocycles. The number of phenolic OH excluding ortho intramolecular Hbond substituents is 1. The van der Waals surface area contributed by atoms with Gasteiger partial charge in [0.2, 0.25) is 0 Å². The van der Waals surface area contributed by atoms with Gasteiger partial charge in [-0.3, -0.25) is 4.79 Å². The van der Waals surface area contributed by atoms with Gasteiger partial charge < -0.3 is 9.84 Å². The van der Waals surface area contributed by atoms with Crippen LogP contribution in [-0.2, 0) is 4.79 Å². The molecule has 26 heavy (non-hydrogen) atoms. The number of carbonyl (C=O) groups is 1. The lowest BCUT2D eigenvalue weighted by atomic mass is 9.99. The van der Waals surface area contributed by atoms with Crippen LogP contribution in [0, 0.1) is 0 Å². The van der Waals surface area contributed by atoms with Gasteiger partial charge in [0.1, 0.15) is 11.5 Å². The van der Waals surface area contributed by atoms with E-state index in [-0.39, 0.29) is 18.3 Å². The van der Waals surface area contributed by atoms with E-state index in [4.69, 9.17) is 4.74 Å². The van der Waals surface area contributed by atoms with Crippen molar-refractivity contribution < 1.29 is 14.6 Å². The van der Waals surface area contributed by atoms with Gasteiger partial charge in [-0.25, -0.2) is 5.43 Å². The molecule has 2 aromatic rings. The number of amides is 1. The van der Waals surface area contributed by atoms with E-state index < -0.39 is 0 Å². The van der Waals surface area contributed by atoms with E-state index in [0.717, 1.165) is 10.9 Å². The van der Waals surface area contributed by atoms with Crippen molar-refractivity contribution >= 4 is 44.0 Å². The fraction of sp³-hybridized carbons (Fsp3) is 0.263. The molecule has 0 saturated heterocycles. The summed E-state index contributed by atoms with van der Waals surface area (Å²) in [6.45, 7) is 4.17. The Morgan fingerprint density at radius 1 is 1.31 bits per heavy atom. The van der Waals surface area contributed by atoms with Crippen molar-refractivity contribution in [1.82, 2.24) is 5.43 Å². The van der Waals surface area contributed by atoms with Crippen molar-refractivity contribution in [1.29, 1.82) is 0 Å².